The van der Waals surface area contributed by atoms with E-state index in [0.29, 0.717) is 13.0 Å². The maximum Gasteiger partial charge on any atom is 0.318 e. The molecule has 3 nitrogen and oxygen atoms in total. The third-order valence-electron chi connectivity index (χ3n) is 3.22. The van der Waals surface area contributed by atoms with Crippen LogP contribution >= 0.6 is 0 Å². The second-order valence-electron chi connectivity index (χ2n) is 5.85. The van der Waals surface area contributed by atoms with E-state index in [1.807, 2.05) is 6.92 Å². The molecule has 0 saturated carbocycles. The minimum absolute atomic E-state index is 0.0430. The number of rotatable bonds is 4. The Kier molecular flexibility index (Phi) is 5.74. The number of nitrogens with one attached hydrogen (secondary N) is 2. The molecule has 0 fully saturated rings. The minimum atomic E-state index is -0.248. The van der Waals surface area contributed by atoms with Crippen LogP contribution < -0.4 is 10.6 Å². The van der Waals surface area contributed by atoms with E-state index >= 15 is 0 Å². The molecular weight excluding hydrogens is 255 g/mol. The van der Waals surface area contributed by atoms with Crippen LogP contribution in [0.3, 0.4) is 0 Å². The molecule has 20 heavy (non-hydrogen) atoms. The Bertz CT molecular complexity index is 472. The first-order valence-electron chi connectivity index (χ1n) is 6.75. The fourth-order valence-corrected chi connectivity index (χ4v) is 1.41. The molecule has 1 rings (SSSR count). The van der Waals surface area contributed by atoms with E-state index in [1.165, 1.54) is 12.1 Å². The van der Waals surface area contributed by atoms with Crippen LogP contribution in [-0.4, -0.2) is 12.6 Å². The van der Waals surface area contributed by atoms with Gasteiger partial charge in [-0.2, -0.15) is 0 Å². The highest BCUT2D eigenvalue weighted by atomic mass is 19.1. The first-order valence-corrected chi connectivity index (χ1v) is 6.75. The maximum absolute atomic E-state index is 12.7. The summed E-state index contributed by atoms with van der Waals surface area (Å²) in [5.41, 5.74) is 2.14. The van der Waals surface area contributed by atoms with Crippen LogP contribution in [0.4, 0.5) is 9.18 Å². The SMILES string of the molecule is C/C(=C\NC(=O)NCCc1ccc(F)cc1)C(C)(C)C. The zero-order chi connectivity index (χ0) is 15.2. The van der Waals surface area contributed by atoms with E-state index in [1.54, 1.807) is 18.3 Å². The quantitative estimate of drug-likeness (QED) is 0.867. The van der Waals surface area contributed by atoms with Gasteiger partial charge in [-0.1, -0.05) is 38.5 Å². The molecule has 0 radical (unpaired) electrons. The average Bonchev–Trinajstić information content (AvgIpc) is 2.37. The highest BCUT2D eigenvalue weighted by molar-refractivity contribution is 5.74. The fourth-order valence-electron chi connectivity index (χ4n) is 1.41. The van der Waals surface area contributed by atoms with Crippen LogP contribution in [0.1, 0.15) is 33.3 Å². The number of halogens is 1. The van der Waals surface area contributed by atoms with Crippen LogP contribution in [0.15, 0.2) is 36.0 Å². The molecule has 0 aliphatic rings. The van der Waals surface area contributed by atoms with Crippen molar-refractivity contribution in [3.05, 3.63) is 47.4 Å². The van der Waals surface area contributed by atoms with Gasteiger partial charge in [-0.15, -0.1) is 0 Å². The number of benzene rings is 1. The number of hydrogen-bond acceptors (Lipinski definition) is 1. The Morgan fingerprint density at radius 1 is 1.25 bits per heavy atom. The minimum Gasteiger partial charge on any atom is -0.338 e. The topological polar surface area (TPSA) is 41.1 Å². The molecule has 0 atom stereocenters. The van der Waals surface area contributed by atoms with E-state index in [4.69, 9.17) is 0 Å². The molecule has 0 unspecified atom stereocenters. The summed E-state index contributed by atoms with van der Waals surface area (Å²) in [6, 6.07) is 6.06. The van der Waals surface area contributed by atoms with Crippen molar-refractivity contribution in [3.63, 3.8) is 0 Å². The van der Waals surface area contributed by atoms with Crippen molar-refractivity contribution in [1.82, 2.24) is 10.6 Å². The Balaban J connectivity index is 2.32. The summed E-state index contributed by atoms with van der Waals surface area (Å²) < 4.78 is 12.7. The van der Waals surface area contributed by atoms with Crippen molar-refractivity contribution in [2.75, 3.05) is 6.54 Å². The van der Waals surface area contributed by atoms with Crippen molar-refractivity contribution in [1.29, 1.82) is 0 Å². The molecule has 0 bridgehead atoms. The lowest BCUT2D eigenvalue weighted by Crippen LogP contribution is -2.34. The van der Waals surface area contributed by atoms with Gasteiger partial charge >= 0.3 is 6.03 Å². The first kappa shape index (κ1) is 16.2. The smallest absolute Gasteiger partial charge is 0.318 e. The Hall–Kier alpha value is -1.84. The molecule has 110 valence electrons. The van der Waals surface area contributed by atoms with Gasteiger partial charge in [0.25, 0.3) is 0 Å². The highest BCUT2D eigenvalue weighted by Gasteiger charge is 2.12. The van der Waals surface area contributed by atoms with Gasteiger partial charge in [-0.25, -0.2) is 9.18 Å². The van der Waals surface area contributed by atoms with E-state index in [0.717, 1.165) is 11.1 Å². The van der Waals surface area contributed by atoms with Crippen molar-refractivity contribution in [3.8, 4) is 0 Å². The van der Waals surface area contributed by atoms with E-state index < -0.39 is 0 Å². The van der Waals surface area contributed by atoms with Gasteiger partial charge < -0.3 is 10.6 Å². The van der Waals surface area contributed by atoms with E-state index in [2.05, 4.69) is 31.4 Å². The number of amides is 2. The Morgan fingerprint density at radius 3 is 2.40 bits per heavy atom. The molecule has 0 aliphatic carbocycles. The third-order valence-corrected chi connectivity index (χ3v) is 3.22. The van der Waals surface area contributed by atoms with Crippen molar-refractivity contribution >= 4 is 6.03 Å². The monoisotopic (exact) mass is 278 g/mol. The van der Waals surface area contributed by atoms with Crippen molar-refractivity contribution < 1.29 is 9.18 Å². The molecular formula is C16H23FN2O. The molecule has 1 aromatic carbocycles. The standard InChI is InChI=1S/C16H23FN2O/c1-12(16(2,3)4)11-19-15(20)18-10-9-13-5-7-14(17)8-6-13/h5-8,11H,9-10H2,1-4H3,(H2,18,19,20)/b12-11+. The molecule has 0 spiro atoms. The van der Waals surface area contributed by atoms with Gasteiger partial charge in [0.1, 0.15) is 5.82 Å². The van der Waals surface area contributed by atoms with Gasteiger partial charge in [0, 0.05) is 12.7 Å². The zero-order valence-corrected chi connectivity index (χ0v) is 12.6. The molecule has 0 aliphatic heterocycles. The van der Waals surface area contributed by atoms with Crippen LogP contribution in [0.5, 0.6) is 0 Å². The van der Waals surface area contributed by atoms with Crippen molar-refractivity contribution in [2.24, 2.45) is 5.41 Å². The third kappa shape index (κ3) is 5.87. The normalized spacial score (nSPS) is 12.2. The van der Waals surface area contributed by atoms with Crippen LogP contribution in [0, 0.1) is 11.2 Å². The molecule has 0 aromatic heterocycles. The molecule has 0 saturated heterocycles. The van der Waals surface area contributed by atoms with Gasteiger partial charge in [0.15, 0.2) is 0 Å². The lowest BCUT2D eigenvalue weighted by Gasteiger charge is -2.19. The van der Waals surface area contributed by atoms with E-state index in [-0.39, 0.29) is 17.3 Å². The number of allylic oxidation sites excluding steroid dienone is 1. The fraction of sp³-hybridized carbons (Fsp3) is 0.438. The number of hydrogen-bond donors (Lipinski definition) is 2. The molecule has 2 amide bonds. The summed E-state index contributed by atoms with van der Waals surface area (Å²) in [5.74, 6) is -0.248. The number of carbonyl (C=O) groups is 1. The number of carbonyl (C=O) groups excluding carboxylic acids is 1. The lowest BCUT2D eigenvalue weighted by molar-refractivity contribution is 0.244. The first-order chi connectivity index (χ1) is 9.29. The second kappa shape index (κ2) is 7.08. The molecule has 2 N–H and O–H groups in total. The Labute approximate surface area is 120 Å². The maximum atomic E-state index is 12.7. The Morgan fingerprint density at radius 2 is 1.85 bits per heavy atom. The summed E-state index contributed by atoms with van der Waals surface area (Å²) in [7, 11) is 0. The molecule has 1 aromatic rings. The summed E-state index contributed by atoms with van der Waals surface area (Å²) in [4.78, 5) is 11.6. The van der Waals surface area contributed by atoms with Crippen LogP contribution in [0.25, 0.3) is 0 Å². The molecule has 4 heteroatoms. The lowest BCUT2D eigenvalue weighted by atomic mass is 9.88. The summed E-state index contributed by atoms with van der Waals surface area (Å²) >= 11 is 0. The predicted octanol–water partition coefficient (Wildman–Crippen LogP) is 3.62. The van der Waals surface area contributed by atoms with Gasteiger partial charge in [0.05, 0.1) is 0 Å². The highest BCUT2D eigenvalue weighted by Crippen LogP contribution is 2.23. The largest absolute Gasteiger partial charge is 0.338 e. The van der Waals surface area contributed by atoms with Crippen molar-refractivity contribution in [2.45, 2.75) is 34.1 Å². The van der Waals surface area contributed by atoms with Gasteiger partial charge in [-0.05, 0) is 36.5 Å². The van der Waals surface area contributed by atoms with E-state index in [9.17, 15) is 9.18 Å². The summed E-state index contributed by atoms with van der Waals surface area (Å²) in [6.07, 6.45) is 2.41. The average molecular weight is 278 g/mol. The summed E-state index contributed by atoms with van der Waals surface area (Å²) in [6.45, 7) is 8.77. The predicted molar refractivity (Wildman–Crippen MR) is 79.9 cm³/mol. The summed E-state index contributed by atoms with van der Waals surface area (Å²) in [5, 5.41) is 5.48. The number of urea groups is 1. The van der Waals surface area contributed by atoms with Crippen LogP contribution in [0.2, 0.25) is 0 Å². The van der Waals surface area contributed by atoms with Gasteiger partial charge in [-0.3, -0.25) is 0 Å². The zero-order valence-electron chi connectivity index (χ0n) is 12.6. The van der Waals surface area contributed by atoms with Crippen LogP contribution in [-0.2, 0) is 6.42 Å². The van der Waals surface area contributed by atoms with Gasteiger partial charge in [0.2, 0.25) is 0 Å². The molecule has 0 heterocycles. The second-order valence-corrected chi connectivity index (χ2v) is 5.85.